The number of hydrogen-bond acceptors (Lipinski definition) is 1. The quantitative estimate of drug-likeness (QED) is 0.833. The van der Waals surface area contributed by atoms with Crippen molar-refractivity contribution < 1.29 is 5.11 Å². The fraction of sp³-hybridized carbons (Fsp3) is 0.538. The molecule has 0 heterocycles. The van der Waals surface area contributed by atoms with Crippen molar-refractivity contribution in [1.29, 1.82) is 0 Å². The molecule has 0 aliphatic heterocycles. The van der Waals surface area contributed by atoms with Crippen molar-refractivity contribution in [1.82, 2.24) is 0 Å². The third kappa shape index (κ3) is 2.04. The molecule has 1 aromatic carbocycles. The summed E-state index contributed by atoms with van der Waals surface area (Å²) < 4.78 is 0. The maximum absolute atomic E-state index is 10.4. The smallest absolute Gasteiger partial charge is 0.0896 e. The number of rotatable bonds is 3. The Kier molecular flexibility index (Phi) is 2.78. The molecule has 1 nitrogen and oxygen atoms in total. The van der Waals surface area contributed by atoms with Gasteiger partial charge in [0.25, 0.3) is 0 Å². The van der Waals surface area contributed by atoms with Crippen LogP contribution in [0.3, 0.4) is 0 Å². The van der Waals surface area contributed by atoms with Crippen LogP contribution in [0.25, 0.3) is 0 Å². The summed E-state index contributed by atoms with van der Waals surface area (Å²) in [6, 6.07) is 5.88. The lowest BCUT2D eigenvalue weighted by Crippen LogP contribution is -2.23. The lowest BCUT2D eigenvalue weighted by Gasteiger charge is -2.24. The summed E-state index contributed by atoms with van der Waals surface area (Å²) in [7, 11) is 0. The normalized spacial score (nSPS) is 20.0. The third-order valence-electron chi connectivity index (χ3n) is 3.38. The zero-order chi connectivity index (χ0) is 11.1. The van der Waals surface area contributed by atoms with Gasteiger partial charge < -0.3 is 5.11 Å². The van der Waals surface area contributed by atoms with Crippen LogP contribution >= 0.6 is 11.6 Å². The Morgan fingerprint density at radius 2 is 2.13 bits per heavy atom. The van der Waals surface area contributed by atoms with Crippen LogP contribution in [0, 0.1) is 5.92 Å². The maximum Gasteiger partial charge on any atom is 0.0896 e. The highest BCUT2D eigenvalue weighted by atomic mass is 35.5. The summed E-state index contributed by atoms with van der Waals surface area (Å²) in [5.74, 6) is 0.434. The van der Waals surface area contributed by atoms with Crippen molar-refractivity contribution >= 4 is 11.6 Å². The molecule has 2 heteroatoms. The second-order valence-corrected chi connectivity index (χ2v) is 4.99. The number of aliphatic hydroxyl groups is 1. The topological polar surface area (TPSA) is 20.2 Å². The van der Waals surface area contributed by atoms with E-state index in [0.29, 0.717) is 5.92 Å². The Labute approximate surface area is 96.1 Å². The SMILES string of the molecule is CCc1cc([C@](C)(O)C2CC2)ccc1Cl. The summed E-state index contributed by atoms with van der Waals surface area (Å²) in [6.07, 6.45) is 3.18. The minimum Gasteiger partial charge on any atom is -0.385 e. The van der Waals surface area contributed by atoms with E-state index in [4.69, 9.17) is 11.6 Å². The van der Waals surface area contributed by atoms with Crippen LogP contribution in [0.15, 0.2) is 18.2 Å². The summed E-state index contributed by atoms with van der Waals surface area (Å²) in [6.45, 7) is 3.99. The molecule has 1 aliphatic rings. The Hall–Kier alpha value is -0.530. The minimum absolute atomic E-state index is 0.434. The van der Waals surface area contributed by atoms with Gasteiger partial charge in [0.2, 0.25) is 0 Å². The summed E-state index contributed by atoms with van der Waals surface area (Å²) >= 11 is 6.06. The molecule has 1 saturated carbocycles. The molecule has 2 rings (SSSR count). The average Bonchev–Trinajstić information content (AvgIpc) is 3.01. The molecule has 0 spiro atoms. The Balaban J connectivity index is 2.35. The second-order valence-electron chi connectivity index (χ2n) is 4.58. The first-order valence-electron chi connectivity index (χ1n) is 5.57. The minimum atomic E-state index is -0.672. The van der Waals surface area contributed by atoms with E-state index >= 15 is 0 Å². The molecular weight excluding hydrogens is 208 g/mol. The zero-order valence-corrected chi connectivity index (χ0v) is 10.0. The van der Waals surface area contributed by atoms with E-state index < -0.39 is 5.60 Å². The van der Waals surface area contributed by atoms with Gasteiger partial charge in [0.15, 0.2) is 0 Å². The van der Waals surface area contributed by atoms with Crippen LogP contribution in [0.2, 0.25) is 5.02 Å². The first-order valence-corrected chi connectivity index (χ1v) is 5.94. The monoisotopic (exact) mass is 224 g/mol. The predicted octanol–water partition coefficient (Wildman–Crippen LogP) is 3.52. The molecule has 0 unspecified atom stereocenters. The Bertz CT molecular complexity index is 367. The van der Waals surface area contributed by atoms with E-state index in [1.54, 1.807) is 0 Å². The van der Waals surface area contributed by atoms with Gasteiger partial charge in [0, 0.05) is 5.02 Å². The predicted molar refractivity (Wildman–Crippen MR) is 63.1 cm³/mol. The standard InChI is InChI=1S/C13H17ClO/c1-3-9-8-11(6-7-12(9)14)13(2,15)10-4-5-10/h6-8,10,15H,3-5H2,1-2H3/t13-/m1/s1. The number of aryl methyl sites for hydroxylation is 1. The molecule has 0 radical (unpaired) electrons. The zero-order valence-electron chi connectivity index (χ0n) is 9.26. The van der Waals surface area contributed by atoms with Gasteiger partial charge >= 0.3 is 0 Å². The molecule has 0 bridgehead atoms. The molecule has 1 aromatic rings. The highest BCUT2D eigenvalue weighted by molar-refractivity contribution is 6.31. The molecule has 82 valence electrons. The lowest BCUT2D eigenvalue weighted by atomic mass is 9.89. The Morgan fingerprint density at radius 3 is 2.67 bits per heavy atom. The second kappa shape index (κ2) is 3.80. The fourth-order valence-electron chi connectivity index (χ4n) is 2.04. The van der Waals surface area contributed by atoms with Gasteiger partial charge in [-0.2, -0.15) is 0 Å². The summed E-state index contributed by atoms with van der Waals surface area (Å²) in [4.78, 5) is 0. The van der Waals surface area contributed by atoms with Crippen LogP contribution in [0.5, 0.6) is 0 Å². The van der Waals surface area contributed by atoms with Crippen molar-refractivity contribution in [2.45, 2.75) is 38.7 Å². The van der Waals surface area contributed by atoms with E-state index in [-0.39, 0.29) is 0 Å². The Morgan fingerprint density at radius 1 is 1.47 bits per heavy atom. The number of halogens is 1. The molecular formula is C13H17ClO. The van der Waals surface area contributed by atoms with E-state index in [1.165, 1.54) is 0 Å². The molecule has 0 saturated heterocycles. The summed E-state index contributed by atoms with van der Waals surface area (Å²) in [5, 5.41) is 11.2. The fourth-order valence-corrected chi connectivity index (χ4v) is 2.29. The van der Waals surface area contributed by atoms with E-state index in [0.717, 1.165) is 35.4 Å². The van der Waals surface area contributed by atoms with Crippen LogP contribution in [0.1, 0.15) is 37.8 Å². The van der Waals surface area contributed by atoms with Gasteiger partial charge in [-0.1, -0.05) is 30.7 Å². The van der Waals surface area contributed by atoms with E-state index in [2.05, 4.69) is 6.92 Å². The van der Waals surface area contributed by atoms with Gasteiger partial charge in [-0.3, -0.25) is 0 Å². The van der Waals surface area contributed by atoms with Crippen LogP contribution in [-0.4, -0.2) is 5.11 Å². The van der Waals surface area contributed by atoms with Gasteiger partial charge in [-0.15, -0.1) is 0 Å². The molecule has 1 N–H and O–H groups in total. The van der Waals surface area contributed by atoms with E-state index in [9.17, 15) is 5.11 Å². The molecule has 15 heavy (non-hydrogen) atoms. The van der Waals surface area contributed by atoms with Gasteiger partial charge in [-0.05, 0) is 49.3 Å². The van der Waals surface area contributed by atoms with Crippen molar-refractivity contribution in [3.63, 3.8) is 0 Å². The van der Waals surface area contributed by atoms with Gasteiger partial charge in [0.1, 0.15) is 0 Å². The van der Waals surface area contributed by atoms with E-state index in [1.807, 2.05) is 25.1 Å². The lowest BCUT2D eigenvalue weighted by molar-refractivity contribution is 0.0330. The molecule has 1 fully saturated rings. The molecule has 0 amide bonds. The largest absolute Gasteiger partial charge is 0.385 e. The van der Waals surface area contributed by atoms with Crippen molar-refractivity contribution in [3.8, 4) is 0 Å². The summed E-state index contributed by atoms with van der Waals surface area (Å²) in [5.41, 5.74) is 1.45. The van der Waals surface area contributed by atoms with Crippen molar-refractivity contribution in [2.75, 3.05) is 0 Å². The first kappa shape index (κ1) is 11.0. The van der Waals surface area contributed by atoms with Crippen molar-refractivity contribution in [2.24, 2.45) is 5.92 Å². The van der Waals surface area contributed by atoms with Crippen LogP contribution in [0.4, 0.5) is 0 Å². The van der Waals surface area contributed by atoms with Gasteiger partial charge in [0.05, 0.1) is 5.60 Å². The first-order chi connectivity index (χ1) is 7.05. The van der Waals surface area contributed by atoms with Crippen molar-refractivity contribution in [3.05, 3.63) is 34.3 Å². The van der Waals surface area contributed by atoms with Gasteiger partial charge in [-0.25, -0.2) is 0 Å². The molecule has 1 atom stereocenters. The average molecular weight is 225 g/mol. The highest BCUT2D eigenvalue weighted by Gasteiger charge is 2.41. The molecule has 1 aliphatic carbocycles. The van der Waals surface area contributed by atoms with Crippen LogP contribution in [-0.2, 0) is 12.0 Å². The molecule has 0 aromatic heterocycles. The van der Waals surface area contributed by atoms with Crippen LogP contribution < -0.4 is 0 Å². The maximum atomic E-state index is 10.4. The number of hydrogen-bond donors (Lipinski definition) is 1. The third-order valence-corrected chi connectivity index (χ3v) is 3.75. The highest BCUT2D eigenvalue weighted by Crippen LogP contribution is 2.45. The number of benzene rings is 1.